The molecule has 1 aliphatic rings. The van der Waals surface area contributed by atoms with Crippen LogP contribution in [0.3, 0.4) is 0 Å². The van der Waals surface area contributed by atoms with Gasteiger partial charge >= 0.3 is 0 Å². The van der Waals surface area contributed by atoms with Crippen LogP contribution < -0.4 is 19.7 Å². The summed E-state index contributed by atoms with van der Waals surface area (Å²) in [5, 5.41) is 12.4. The molecule has 186 valence electrons. The van der Waals surface area contributed by atoms with Crippen LogP contribution in [0, 0.1) is 0 Å². The number of para-hydroxylation sites is 2. The van der Waals surface area contributed by atoms with Gasteiger partial charge in [-0.3, -0.25) is 9.36 Å². The summed E-state index contributed by atoms with van der Waals surface area (Å²) < 4.78 is 12.9. The molecule has 1 fully saturated rings. The fraction of sp³-hybridized carbons (Fsp3) is 0.423. The van der Waals surface area contributed by atoms with Crippen LogP contribution in [-0.4, -0.2) is 59.8 Å². The van der Waals surface area contributed by atoms with Gasteiger partial charge in [0.05, 0.1) is 25.2 Å². The molecule has 3 aromatic rings. The normalized spacial score (nSPS) is 14.4. The zero-order chi connectivity index (χ0) is 24.6. The van der Waals surface area contributed by atoms with Crippen LogP contribution in [0.4, 0.5) is 5.95 Å². The Morgan fingerprint density at radius 3 is 2.49 bits per heavy atom. The zero-order valence-corrected chi connectivity index (χ0v) is 21.4. The molecular weight excluding hydrogens is 462 g/mol. The van der Waals surface area contributed by atoms with Gasteiger partial charge in [0.2, 0.25) is 11.9 Å². The zero-order valence-electron chi connectivity index (χ0n) is 20.6. The third-order valence-corrected chi connectivity index (χ3v) is 7.15. The lowest BCUT2D eigenvalue weighted by atomic mass is 10.1. The predicted molar refractivity (Wildman–Crippen MR) is 139 cm³/mol. The molecule has 9 heteroatoms. The molecule has 2 heterocycles. The van der Waals surface area contributed by atoms with Crippen molar-refractivity contribution in [3.05, 3.63) is 54.1 Å². The van der Waals surface area contributed by atoms with Gasteiger partial charge in [0, 0.05) is 19.6 Å². The number of methoxy groups -OCH3 is 2. The number of hydrogen-bond donors (Lipinski definition) is 1. The lowest BCUT2D eigenvalue weighted by Crippen LogP contribution is -2.33. The number of amides is 1. The van der Waals surface area contributed by atoms with E-state index in [0.717, 1.165) is 61.1 Å². The van der Waals surface area contributed by atoms with E-state index >= 15 is 0 Å². The van der Waals surface area contributed by atoms with Gasteiger partial charge in [-0.25, -0.2) is 0 Å². The smallest absolute Gasteiger partial charge is 0.233 e. The highest BCUT2D eigenvalue weighted by molar-refractivity contribution is 8.00. The summed E-state index contributed by atoms with van der Waals surface area (Å²) >= 11 is 1.41. The molecule has 2 aromatic carbocycles. The monoisotopic (exact) mass is 495 g/mol. The quantitative estimate of drug-likeness (QED) is 0.424. The molecule has 0 radical (unpaired) electrons. The number of benzene rings is 2. The summed E-state index contributed by atoms with van der Waals surface area (Å²) in [6.07, 6.45) is 4.25. The molecule has 1 N–H and O–H groups in total. The highest BCUT2D eigenvalue weighted by atomic mass is 32.2. The van der Waals surface area contributed by atoms with Gasteiger partial charge in [-0.05, 0) is 62.4 Å². The van der Waals surface area contributed by atoms with Crippen LogP contribution in [0.5, 0.6) is 11.5 Å². The lowest BCUT2D eigenvalue weighted by Gasteiger charge is -2.28. The van der Waals surface area contributed by atoms with Crippen molar-refractivity contribution in [1.29, 1.82) is 0 Å². The van der Waals surface area contributed by atoms with E-state index in [2.05, 4.69) is 20.4 Å². The first kappa shape index (κ1) is 24.9. The maximum absolute atomic E-state index is 12.9. The summed E-state index contributed by atoms with van der Waals surface area (Å²) in [7, 11) is 3.31. The van der Waals surface area contributed by atoms with Crippen molar-refractivity contribution in [1.82, 2.24) is 20.1 Å². The van der Waals surface area contributed by atoms with Crippen LogP contribution in [0.2, 0.25) is 0 Å². The summed E-state index contributed by atoms with van der Waals surface area (Å²) in [5.41, 5.74) is 2.02. The molecule has 0 spiro atoms. The Labute approximate surface area is 211 Å². The van der Waals surface area contributed by atoms with Gasteiger partial charge in [0.25, 0.3) is 0 Å². The first-order valence-electron chi connectivity index (χ1n) is 12.0. The van der Waals surface area contributed by atoms with Gasteiger partial charge in [-0.15, -0.1) is 10.2 Å². The topological polar surface area (TPSA) is 81.5 Å². The molecular formula is C26H33N5O3S. The van der Waals surface area contributed by atoms with E-state index < -0.39 is 0 Å². The Bertz CT molecular complexity index is 1110. The molecule has 1 atom stereocenters. The molecule has 35 heavy (non-hydrogen) atoms. The third kappa shape index (κ3) is 6.08. The first-order valence-corrected chi connectivity index (χ1v) is 12.9. The average Bonchev–Trinajstić information content (AvgIpc) is 3.32. The Hall–Kier alpha value is -3.20. The number of hydrogen-bond acceptors (Lipinski definition) is 7. The van der Waals surface area contributed by atoms with E-state index in [4.69, 9.17) is 9.47 Å². The molecule has 0 bridgehead atoms. The van der Waals surface area contributed by atoms with Gasteiger partial charge in [-0.1, -0.05) is 36.0 Å². The molecule has 1 aromatic heterocycles. The number of thioether (sulfide) groups is 1. The molecule has 1 saturated heterocycles. The lowest BCUT2D eigenvalue weighted by molar-refractivity contribution is -0.120. The largest absolute Gasteiger partial charge is 0.497 e. The number of rotatable bonds is 10. The van der Waals surface area contributed by atoms with E-state index in [1.807, 2.05) is 60.0 Å². The summed E-state index contributed by atoms with van der Waals surface area (Å²) in [5.74, 6) is 2.33. The second-order valence-corrected chi connectivity index (χ2v) is 9.79. The van der Waals surface area contributed by atoms with Crippen molar-refractivity contribution in [3.8, 4) is 17.2 Å². The number of carbonyl (C=O) groups is 1. The van der Waals surface area contributed by atoms with Crippen molar-refractivity contribution >= 4 is 23.6 Å². The van der Waals surface area contributed by atoms with Gasteiger partial charge < -0.3 is 19.7 Å². The average molecular weight is 496 g/mol. The van der Waals surface area contributed by atoms with Crippen molar-refractivity contribution in [2.75, 3.05) is 38.8 Å². The number of carbonyl (C=O) groups excluding carboxylic acids is 1. The van der Waals surface area contributed by atoms with E-state index in [1.165, 1.54) is 18.2 Å². The van der Waals surface area contributed by atoms with E-state index in [9.17, 15) is 4.79 Å². The van der Waals surface area contributed by atoms with Gasteiger partial charge in [-0.2, -0.15) is 0 Å². The Morgan fingerprint density at radius 2 is 1.77 bits per heavy atom. The van der Waals surface area contributed by atoms with Crippen molar-refractivity contribution in [2.45, 2.75) is 43.0 Å². The van der Waals surface area contributed by atoms with Crippen LogP contribution >= 0.6 is 11.8 Å². The standard InChI is InChI=1S/C26H33N5O3S/c1-19(24(32)27-16-15-20-11-13-21(33-2)14-12-20)35-26-29-28-25(30-17-7-4-8-18-30)31(26)22-9-5-6-10-23(22)34-3/h5-6,9-14,19H,4,7-8,15-18H2,1-3H3,(H,27,32). The molecule has 0 saturated carbocycles. The van der Waals surface area contributed by atoms with E-state index in [1.54, 1.807) is 14.2 Å². The van der Waals surface area contributed by atoms with Crippen molar-refractivity contribution in [2.24, 2.45) is 0 Å². The maximum Gasteiger partial charge on any atom is 0.233 e. The summed E-state index contributed by atoms with van der Waals surface area (Å²) in [4.78, 5) is 15.1. The van der Waals surface area contributed by atoms with Gasteiger partial charge in [0.1, 0.15) is 11.5 Å². The second kappa shape index (κ2) is 12.0. The fourth-order valence-corrected chi connectivity index (χ4v) is 5.02. The molecule has 1 amide bonds. The fourth-order valence-electron chi connectivity index (χ4n) is 4.14. The second-order valence-electron chi connectivity index (χ2n) is 8.49. The van der Waals surface area contributed by atoms with Crippen LogP contribution in [0.15, 0.2) is 53.7 Å². The Balaban J connectivity index is 1.47. The predicted octanol–water partition coefficient (Wildman–Crippen LogP) is 4.11. The first-order chi connectivity index (χ1) is 17.1. The number of nitrogens with one attached hydrogen (secondary N) is 1. The van der Waals surface area contributed by atoms with E-state index in [0.29, 0.717) is 11.7 Å². The minimum absolute atomic E-state index is 0.0300. The molecule has 8 nitrogen and oxygen atoms in total. The molecule has 1 unspecified atom stereocenters. The summed E-state index contributed by atoms with van der Waals surface area (Å²) in [6, 6.07) is 15.7. The van der Waals surface area contributed by atoms with Crippen molar-refractivity contribution < 1.29 is 14.3 Å². The van der Waals surface area contributed by atoms with Crippen LogP contribution in [0.25, 0.3) is 5.69 Å². The van der Waals surface area contributed by atoms with Crippen LogP contribution in [-0.2, 0) is 11.2 Å². The van der Waals surface area contributed by atoms with Gasteiger partial charge in [0.15, 0.2) is 5.16 Å². The Kier molecular flexibility index (Phi) is 8.52. The number of aromatic nitrogens is 3. The number of ether oxygens (including phenoxy) is 2. The minimum atomic E-state index is -0.335. The highest BCUT2D eigenvalue weighted by Crippen LogP contribution is 2.34. The Morgan fingerprint density at radius 1 is 1.03 bits per heavy atom. The van der Waals surface area contributed by atoms with E-state index in [-0.39, 0.29) is 11.2 Å². The number of piperidine rings is 1. The molecule has 4 rings (SSSR count). The van der Waals surface area contributed by atoms with Crippen LogP contribution in [0.1, 0.15) is 31.7 Å². The summed E-state index contributed by atoms with van der Waals surface area (Å²) in [6.45, 7) is 4.35. The molecule has 1 aliphatic heterocycles. The third-order valence-electron chi connectivity index (χ3n) is 6.10. The minimum Gasteiger partial charge on any atom is -0.497 e. The number of anilines is 1. The molecule has 0 aliphatic carbocycles. The highest BCUT2D eigenvalue weighted by Gasteiger charge is 2.26. The van der Waals surface area contributed by atoms with Crippen molar-refractivity contribution in [3.63, 3.8) is 0 Å². The maximum atomic E-state index is 12.9. The SMILES string of the molecule is COc1ccc(CCNC(=O)C(C)Sc2nnc(N3CCCCC3)n2-c2ccccc2OC)cc1. The number of nitrogens with zero attached hydrogens (tertiary/aromatic N) is 4.